The first-order valence-electron chi connectivity index (χ1n) is 24.0. The molecule has 0 amide bonds. The molecule has 388 valence electrons. The Morgan fingerprint density at radius 1 is 0.818 bits per heavy atom. The lowest BCUT2D eigenvalue weighted by molar-refractivity contribution is -0.315. The molecule has 0 radical (unpaired) electrons. The van der Waals surface area contributed by atoms with E-state index in [0.29, 0.717) is 52.4 Å². The Morgan fingerprint density at radius 2 is 1.41 bits per heavy atom. The van der Waals surface area contributed by atoms with Crippen LogP contribution in [0.4, 0.5) is 0 Å². The van der Waals surface area contributed by atoms with Gasteiger partial charge in [-0.1, -0.05) is 20.8 Å². The number of carbonyl (C=O) groups is 2. The number of methoxy groups -OCH3 is 1. The maximum absolute atomic E-state index is 14.4. The fourth-order valence-corrected chi connectivity index (χ4v) is 9.45. The highest BCUT2D eigenvalue weighted by Gasteiger charge is 2.52. The molecule has 0 bridgehead atoms. The van der Waals surface area contributed by atoms with Crippen molar-refractivity contribution < 1.29 is 87.2 Å². The highest BCUT2D eigenvalue weighted by molar-refractivity contribution is 5.73. The second kappa shape index (κ2) is 27.7. The van der Waals surface area contributed by atoms with Gasteiger partial charge in [0.05, 0.1) is 107 Å². The topological polar surface area (TPSA) is 240 Å². The van der Waals surface area contributed by atoms with Crippen molar-refractivity contribution in [2.75, 3.05) is 80.2 Å². The number of hydrogen-bond acceptors (Lipinski definition) is 19. The molecular formula is C47H87NO18. The Morgan fingerprint density at radius 3 is 1.98 bits per heavy atom. The van der Waals surface area contributed by atoms with Crippen LogP contribution in [0.15, 0.2) is 0 Å². The number of nitrogens with zero attached hydrogens (tertiary/aromatic N) is 1. The average Bonchev–Trinajstić information content (AvgIpc) is 3.26. The molecule has 0 spiro atoms. The lowest BCUT2D eigenvalue weighted by atomic mass is 9.77. The summed E-state index contributed by atoms with van der Waals surface area (Å²) >= 11 is 0. The molecule has 3 fully saturated rings. The minimum atomic E-state index is -1.84. The lowest BCUT2D eigenvalue weighted by Crippen LogP contribution is -2.59. The lowest BCUT2D eigenvalue weighted by Gasteiger charge is -2.48. The van der Waals surface area contributed by atoms with E-state index in [1.807, 2.05) is 25.8 Å². The van der Waals surface area contributed by atoms with Gasteiger partial charge in [0, 0.05) is 32.0 Å². The minimum absolute atomic E-state index is 0.0354. The van der Waals surface area contributed by atoms with Crippen LogP contribution in [0.3, 0.4) is 0 Å². The first-order valence-corrected chi connectivity index (χ1v) is 24.0. The first kappa shape index (κ1) is 58.7. The molecule has 17 atom stereocenters. The molecule has 3 saturated heterocycles. The number of aliphatic hydroxyl groups is 5. The maximum atomic E-state index is 14.4. The number of hydrogen-bond donors (Lipinski definition) is 5. The first-order chi connectivity index (χ1) is 31.0. The predicted octanol–water partition coefficient (Wildman–Crippen LogP) is 2.36. The van der Waals surface area contributed by atoms with Crippen LogP contribution < -0.4 is 0 Å². The largest absolute Gasteiger partial charge is 0.459 e. The van der Waals surface area contributed by atoms with Gasteiger partial charge in [-0.25, -0.2) is 0 Å². The van der Waals surface area contributed by atoms with Crippen LogP contribution in [-0.4, -0.2) is 207 Å². The monoisotopic (exact) mass is 954 g/mol. The molecule has 3 unspecified atom stereocenters. The van der Waals surface area contributed by atoms with Crippen molar-refractivity contribution in [2.45, 2.75) is 192 Å². The second-order valence-electron chi connectivity index (χ2n) is 19.4. The summed E-state index contributed by atoms with van der Waals surface area (Å²) in [5.74, 6) is -3.32. The highest BCUT2D eigenvalue weighted by atomic mass is 16.7. The fourth-order valence-electron chi connectivity index (χ4n) is 9.45. The summed E-state index contributed by atoms with van der Waals surface area (Å²) in [6.07, 6.45) is -8.12. The van der Waals surface area contributed by atoms with Crippen LogP contribution in [0, 0.1) is 17.8 Å². The molecule has 0 aromatic rings. The van der Waals surface area contributed by atoms with Gasteiger partial charge in [0.1, 0.15) is 23.9 Å². The van der Waals surface area contributed by atoms with E-state index in [0.717, 1.165) is 0 Å². The van der Waals surface area contributed by atoms with Crippen molar-refractivity contribution in [3.63, 3.8) is 0 Å². The molecule has 66 heavy (non-hydrogen) atoms. The van der Waals surface area contributed by atoms with Gasteiger partial charge in [0.25, 0.3) is 0 Å². The molecule has 3 aliphatic heterocycles. The maximum Gasteiger partial charge on any atom is 0.311 e. The van der Waals surface area contributed by atoms with Crippen molar-refractivity contribution in [2.24, 2.45) is 17.8 Å². The van der Waals surface area contributed by atoms with Crippen LogP contribution in [0.1, 0.15) is 108 Å². The summed E-state index contributed by atoms with van der Waals surface area (Å²) in [5, 5.41) is 55.9. The van der Waals surface area contributed by atoms with Gasteiger partial charge in [-0.2, -0.15) is 0 Å². The van der Waals surface area contributed by atoms with Crippen LogP contribution >= 0.6 is 0 Å². The third-order valence-corrected chi connectivity index (χ3v) is 13.5. The molecule has 3 heterocycles. The van der Waals surface area contributed by atoms with E-state index in [4.69, 9.17) is 57.2 Å². The van der Waals surface area contributed by atoms with E-state index in [9.17, 15) is 30.0 Å². The van der Waals surface area contributed by atoms with E-state index in [-0.39, 0.29) is 64.1 Å². The summed E-state index contributed by atoms with van der Waals surface area (Å²) in [6.45, 7) is 20.3. The van der Waals surface area contributed by atoms with E-state index >= 15 is 0 Å². The second-order valence-corrected chi connectivity index (χ2v) is 19.4. The van der Waals surface area contributed by atoms with E-state index in [1.165, 1.54) is 14.0 Å². The van der Waals surface area contributed by atoms with Crippen molar-refractivity contribution in [1.29, 1.82) is 0 Å². The van der Waals surface area contributed by atoms with E-state index < -0.39 is 102 Å². The summed E-state index contributed by atoms with van der Waals surface area (Å²) in [6, 6.07) is -0.577. The van der Waals surface area contributed by atoms with Crippen molar-refractivity contribution in [3.8, 4) is 0 Å². The van der Waals surface area contributed by atoms with Gasteiger partial charge in [0.15, 0.2) is 18.7 Å². The number of cyclic esters (lactones) is 1. The van der Waals surface area contributed by atoms with E-state index in [1.54, 1.807) is 48.5 Å². The standard InChI is InChI=1S/C47H87NO18/c1-13-36-47(10,55)40(51)33(6)48(11)28-29(2)26-45(8,54)42(31(4)39(32(5)43(53)64-36)65-38-27-46(9,56-12)41(52)34(7)62-38)66-44-35(15-14-30(3)61-44)63-37(50)16-18-57-20-22-59-24-25-60-23-21-58-19-17-49/h29-36,38-42,44,49,51-52,54-55H,13-28H2,1-12H3/t29-,30?,31+,32-,33-,34+,35?,36-,38+,39+,40-,41+,42-,44?,45-,46-,47-/m1/s1. The van der Waals surface area contributed by atoms with Crippen molar-refractivity contribution in [1.82, 2.24) is 4.90 Å². The zero-order valence-electron chi connectivity index (χ0n) is 41.9. The Bertz CT molecular complexity index is 1410. The Kier molecular flexibility index (Phi) is 24.6. The number of aliphatic hydroxyl groups excluding tert-OH is 3. The van der Waals surface area contributed by atoms with Crippen LogP contribution in [-0.2, 0) is 61.7 Å². The average molecular weight is 954 g/mol. The Hall–Kier alpha value is -1.66. The number of likely N-dealkylation sites (N-methyl/N-ethyl adjacent to an activating group) is 1. The van der Waals surface area contributed by atoms with Crippen LogP contribution in [0.5, 0.6) is 0 Å². The van der Waals surface area contributed by atoms with Gasteiger partial charge in [-0.3, -0.25) is 9.59 Å². The van der Waals surface area contributed by atoms with E-state index in [2.05, 4.69) is 0 Å². The quantitative estimate of drug-likeness (QED) is 0.0820. The number of ether oxygens (including phenoxy) is 11. The number of rotatable bonds is 21. The Balaban J connectivity index is 1.90. The summed E-state index contributed by atoms with van der Waals surface area (Å²) in [7, 11) is 3.32. The third-order valence-electron chi connectivity index (χ3n) is 13.5. The van der Waals surface area contributed by atoms with Gasteiger partial charge < -0.3 is 82.5 Å². The molecule has 0 aromatic carbocycles. The normalized spacial score (nSPS) is 40.3. The van der Waals surface area contributed by atoms with Crippen molar-refractivity contribution in [3.05, 3.63) is 0 Å². The van der Waals surface area contributed by atoms with Gasteiger partial charge in [0.2, 0.25) is 0 Å². The smallest absolute Gasteiger partial charge is 0.311 e. The molecule has 5 N–H and O–H groups in total. The molecular weight excluding hydrogens is 867 g/mol. The molecule has 19 nitrogen and oxygen atoms in total. The SMILES string of the molecule is CC[C@H]1OC(=O)[C@H](C)[C@@H](O[C@H]2C[C@@](C)(OC)[C@@H](O)[C@H](C)O2)[C@H](C)[C@@H](OC2OC(C)CCC2OC(=O)CCOCCOCCOCCOCCO)[C@](C)(O)C[C@@H](C)CN(C)[C@H](C)[C@@H](O)[C@]1(C)O. The van der Waals surface area contributed by atoms with Crippen molar-refractivity contribution >= 4 is 11.9 Å². The molecule has 0 aliphatic carbocycles. The number of esters is 2. The highest BCUT2D eigenvalue weighted by Crippen LogP contribution is 2.40. The molecule has 0 aromatic heterocycles. The molecule has 3 aliphatic rings. The van der Waals surface area contributed by atoms with Crippen LogP contribution in [0.2, 0.25) is 0 Å². The third kappa shape index (κ3) is 17.0. The van der Waals surface area contributed by atoms with Gasteiger partial charge >= 0.3 is 11.9 Å². The van der Waals surface area contributed by atoms with Gasteiger partial charge in [-0.05, 0) is 87.1 Å². The summed E-state index contributed by atoms with van der Waals surface area (Å²) < 4.78 is 65.7. The fraction of sp³-hybridized carbons (Fsp3) is 0.957. The minimum Gasteiger partial charge on any atom is -0.459 e. The molecule has 19 heteroatoms. The molecule has 0 saturated carbocycles. The summed E-state index contributed by atoms with van der Waals surface area (Å²) in [4.78, 5) is 29.6. The zero-order chi connectivity index (χ0) is 49.4. The molecule has 3 rings (SSSR count). The van der Waals surface area contributed by atoms with Gasteiger partial charge in [-0.15, -0.1) is 0 Å². The summed E-state index contributed by atoms with van der Waals surface area (Å²) in [5.41, 5.74) is -4.53. The Labute approximate surface area is 393 Å². The zero-order valence-corrected chi connectivity index (χ0v) is 41.9. The van der Waals surface area contributed by atoms with Crippen LogP contribution in [0.25, 0.3) is 0 Å². The number of carbonyl (C=O) groups excluding carboxylic acids is 2. The predicted molar refractivity (Wildman–Crippen MR) is 240 cm³/mol.